The van der Waals surface area contributed by atoms with Gasteiger partial charge >= 0.3 is 5.97 Å². The molecule has 0 aliphatic carbocycles. The molecule has 1 atom stereocenters. The zero-order valence-electron chi connectivity index (χ0n) is 13.6. The second-order valence-corrected chi connectivity index (χ2v) is 6.02. The van der Waals surface area contributed by atoms with Gasteiger partial charge in [-0.2, -0.15) is 0 Å². The van der Waals surface area contributed by atoms with E-state index in [0.29, 0.717) is 13.2 Å². The molecule has 0 saturated carbocycles. The Bertz CT molecular complexity index is 647. The molecule has 1 aliphatic rings. The summed E-state index contributed by atoms with van der Waals surface area (Å²) in [5, 5.41) is 3.99. The first-order valence-electron chi connectivity index (χ1n) is 8.01. The van der Waals surface area contributed by atoms with Gasteiger partial charge in [0.2, 0.25) is 0 Å². The highest BCUT2D eigenvalue weighted by Gasteiger charge is 2.33. The number of benzene rings is 1. The van der Waals surface area contributed by atoms with E-state index in [0.717, 1.165) is 42.0 Å². The molecule has 2 heterocycles. The van der Waals surface area contributed by atoms with Gasteiger partial charge in [0, 0.05) is 12.1 Å². The molecule has 1 saturated heterocycles. The molecule has 1 aromatic carbocycles. The topological polar surface area (TPSA) is 55.6 Å². The highest BCUT2D eigenvalue weighted by Crippen LogP contribution is 2.24. The Morgan fingerprint density at radius 2 is 2.13 bits per heavy atom. The summed E-state index contributed by atoms with van der Waals surface area (Å²) < 4.78 is 10.7. The van der Waals surface area contributed by atoms with E-state index >= 15 is 0 Å². The summed E-state index contributed by atoms with van der Waals surface area (Å²) in [6.45, 7) is 5.76. The van der Waals surface area contributed by atoms with E-state index in [9.17, 15) is 4.79 Å². The van der Waals surface area contributed by atoms with Gasteiger partial charge in [0.15, 0.2) is 0 Å². The average Bonchev–Trinajstić information content (AvgIpc) is 3.16. The van der Waals surface area contributed by atoms with Crippen LogP contribution in [0.25, 0.3) is 0 Å². The van der Waals surface area contributed by atoms with E-state index in [-0.39, 0.29) is 12.0 Å². The maximum Gasteiger partial charge on any atom is 0.323 e. The fraction of sp³-hybridized carbons (Fsp3) is 0.444. The largest absolute Gasteiger partial charge is 0.460 e. The molecule has 23 heavy (non-hydrogen) atoms. The number of rotatable bonds is 5. The van der Waals surface area contributed by atoms with Crippen LogP contribution < -0.4 is 0 Å². The molecule has 122 valence electrons. The Hall–Kier alpha value is -2.14. The van der Waals surface area contributed by atoms with Crippen molar-refractivity contribution in [1.82, 2.24) is 10.1 Å². The van der Waals surface area contributed by atoms with Crippen molar-refractivity contribution in [2.45, 2.75) is 45.9 Å². The summed E-state index contributed by atoms with van der Waals surface area (Å²) in [4.78, 5) is 14.6. The van der Waals surface area contributed by atoms with Crippen molar-refractivity contribution >= 4 is 5.97 Å². The van der Waals surface area contributed by atoms with Crippen LogP contribution in [0.5, 0.6) is 0 Å². The zero-order chi connectivity index (χ0) is 16.2. The third kappa shape index (κ3) is 3.62. The summed E-state index contributed by atoms with van der Waals surface area (Å²) >= 11 is 0. The lowest BCUT2D eigenvalue weighted by molar-refractivity contribution is -0.150. The summed E-state index contributed by atoms with van der Waals surface area (Å²) in [5.41, 5.74) is 2.98. The quantitative estimate of drug-likeness (QED) is 0.794. The number of ether oxygens (including phenoxy) is 1. The van der Waals surface area contributed by atoms with Gasteiger partial charge in [-0.1, -0.05) is 35.5 Å². The van der Waals surface area contributed by atoms with Crippen LogP contribution >= 0.6 is 0 Å². The third-order valence-corrected chi connectivity index (χ3v) is 4.40. The first-order valence-corrected chi connectivity index (χ1v) is 8.01. The maximum absolute atomic E-state index is 12.4. The van der Waals surface area contributed by atoms with Crippen LogP contribution in [0, 0.1) is 13.8 Å². The molecule has 0 radical (unpaired) electrons. The van der Waals surface area contributed by atoms with Crippen LogP contribution in [0.4, 0.5) is 0 Å². The van der Waals surface area contributed by atoms with E-state index in [2.05, 4.69) is 10.1 Å². The number of carbonyl (C=O) groups is 1. The Labute approximate surface area is 136 Å². The lowest BCUT2D eigenvalue weighted by Gasteiger charge is -2.22. The van der Waals surface area contributed by atoms with Gasteiger partial charge in [0.1, 0.15) is 18.4 Å². The second kappa shape index (κ2) is 6.96. The van der Waals surface area contributed by atoms with Crippen molar-refractivity contribution in [2.24, 2.45) is 0 Å². The van der Waals surface area contributed by atoms with Crippen LogP contribution in [0.15, 0.2) is 34.9 Å². The van der Waals surface area contributed by atoms with Crippen molar-refractivity contribution in [3.8, 4) is 0 Å². The summed E-state index contributed by atoms with van der Waals surface area (Å²) in [5.74, 6) is 0.684. The molecule has 5 nitrogen and oxygen atoms in total. The van der Waals surface area contributed by atoms with Gasteiger partial charge in [-0.05, 0) is 38.8 Å². The molecule has 0 bridgehead atoms. The lowest BCUT2D eigenvalue weighted by Crippen LogP contribution is -2.37. The Balaban J connectivity index is 1.61. The first-order chi connectivity index (χ1) is 11.1. The van der Waals surface area contributed by atoms with Gasteiger partial charge in [-0.3, -0.25) is 9.69 Å². The zero-order valence-corrected chi connectivity index (χ0v) is 13.6. The standard InChI is InChI=1S/C18H22N2O3/c1-13-16(14(2)23-19-13)11-20-10-6-9-17(20)18(21)22-12-15-7-4-3-5-8-15/h3-5,7-8,17H,6,9-12H2,1-2H3/t17-/m0/s1. The fourth-order valence-electron chi connectivity index (χ4n) is 3.04. The van der Waals surface area contributed by atoms with Gasteiger partial charge in [-0.25, -0.2) is 0 Å². The number of aryl methyl sites for hydroxylation is 2. The normalized spacial score (nSPS) is 18.3. The van der Waals surface area contributed by atoms with Crippen molar-refractivity contribution in [2.75, 3.05) is 6.54 Å². The Morgan fingerprint density at radius 3 is 2.83 bits per heavy atom. The predicted molar refractivity (Wildman–Crippen MR) is 85.6 cm³/mol. The monoisotopic (exact) mass is 314 g/mol. The van der Waals surface area contributed by atoms with Gasteiger partial charge in [0.25, 0.3) is 0 Å². The van der Waals surface area contributed by atoms with Crippen LogP contribution in [-0.2, 0) is 22.7 Å². The van der Waals surface area contributed by atoms with E-state index in [4.69, 9.17) is 9.26 Å². The molecule has 0 unspecified atom stereocenters. The minimum absolute atomic E-state index is 0.141. The van der Waals surface area contributed by atoms with Crippen molar-refractivity contribution in [3.63, 3.8) is 0 Å². The SMILES string of the molecule is Cc1noc(C)c1CN1CCC[C@H]1C(=O)OCc1ccccc1. The maximum atomic E-state index is 12.4. The van der Waals surface area contributed by atoms with E-state index < -0.39 is 0 Å². The number of hydrogen-bond acceptors (Lipinski definition) is 5. The molecule has 5 heteroatoms. The first kappa shape index (κ1) is 15.7. The number of carbonyl (C=O) groups excluding carboxylic acids is 1. The molecule has 0 amide bonds. The summed E-state index contributed by atoms with van der Waals surface area (Å²) in [6.07, 6.45) is 1.85. The average molecular weight is 314 g/mol. The Morgan fingerprint density at radius 1 is 1.35 bits per heavy atom. The molecule has 1 aliphatic heterocycles. The van der Waals surface area contributed by atoms with Crippen LogP contribution in [0.1, 0.15) is 35.4 Å². The minimum Gasteiger partial charge on any atom is -0.460 e. The molecular formula is C18H22N2O3. The number of aromatic nitrogens is 1. The molecule has 0 N–H and O–H groups in total. The highest BCUT2D eigenvalue weighted by atomic mass is 16.5. The molecule has 0 spiro atoms. The molecular weight excluding hydrogens is 292 g/mol. The number of likely N-dealkylation sites (tertiary alicyclic amines) is 1. The summed E-state index contributed by atoms with van der Waals surface area (Å²) in [7, 11) is 0. The van der Waals surface area contributed by atoms with E-state index in [1.807, 2.05) is 44.2 Å². The number of esters is 1. The number of hydrogen-bond donors (Lipinski definition) is 0. The van der Waals surface area contributed by atoms with Crippen LogP contribution in [0.3, 0.4) is 0 Å². The third-order valence-electron chi connectivity index (χ3n) is 4.40. The summed E-state index contributed by atoms with van der Waals surface area (Å²) in [6, 6.07) is 9.60. The van der Waals surface area contributed by atoms with Gasteiger partial charge in [-0.15, -0.1) is 0 Å². The Kier molecular flexibility index (Phi) is 4.76. The van der Waals surface area contributed by atoms with E-state index in [1.165, 1.54) is 0 Å². The van der Waals surface area contributed by atoms with Crippen LogP contribution in [0.2, 0.25) is 0 Å². The van der Waals surface area contributed by atoms with Crippen LogP contribution in [-0.4, -0.2) is 28.6 Å². The van der Waals surface area contributed by atoms with Gasteiger partial charge < -0.3 is 9.26 Å². The van der Waals surface area contributed by atoms with Gasteiger partial charge in [0.05, 0.1) is 5.69 Å². The smallest absolute Gasteiger partial charge is 0.323 e. The molecule has 3 rings (SSSR count). The highest BCUT2D eigenvalue weighted by molar-refractivity contribution is 5.76. The molecule has 1 fully saturated rings. The number of nitrogens with zero attached hydrogens (tertiary/aromatic N) is 2. The van der Waals surface area contributed by atoms with Crippen molar-refractivity contribution in [1.29, 1.82) is 0 Å². The van der Waals surface area contributed by atoms with Crippen molar-refractivity contribution in [3.05, 3.63) is 52.9 Å². The molecule has 1 aromatic heterocycles. The fourth-order valence-corrected chi connectivity index (χ4v) is 3.04. The second-order valence-electron chi connectivity index (χ2n) is 6.02. The van der Waals surface area contributed by atoms with Crippen molar-refractivity contribution < 1.29 is 14.1 Å². The minimum atomic E-state index is -0.174. The molecule has 2 aromatic rings. The van der Waals surface area contributed by atoms with E-state index in [1.54, 1.807) is 0 Å². The predicted octanol–water partition coefficient (Wildman–Crippen LogP) is 3.00. The lowest BCUT2D eigenvalue weighted by atomic mass is 10.1.